The Labute approximate surface area is 92.5 Å². The average molecular weight is 216 g/mol. The van der Waals surface area contributed by atoms with Gasteiger partial charge in [0.2, 0.25) is 0 Å². The summed E-state index contributed by atoms with van der Waals surface area (Å²) in [6, 6.07) is 1.83. The smallest absolute Gasteiger partial charge is 0.255 e. The highest BCUT2D eigenvalue weighted by molar-refractivity contribution is 5.97. The number of pyridine rings is 1. The van der Waals surface area contributed by atoms with Gasteiger partial charge in [-0.3, -0.25) is 9.89 Å². The van der Waals surface area contributed by atoms with Gasteiger partial charge in [0.25, 0.3) is 5.91 Å². The van der Waals surface area contributed by atoms with Crippen molar-refractivity contribution in [3.63, 3.8) is 0 Å². The van der Waals surface area contributed by atoms with Crippen molar-refractivity contribution in [2.24, 2.45) is 5.92 Å². The van der Waals surface area contributed by atoms with Crippen LogP contribution in [0.25, 0.3) is 11.0 Å². The van der Waals surface area contributed by atoms with Crippen molar-refractivity contribution in [1.82, 2.24) is 20.1 Å². The van der Waals surface area contributed by atoms with Crippen LogP contribution in [0.1, 0.15) is 17.3 Å². The Kier molecular flexibility index (Phi) is 1.92. The molecule has 0 bridgehead atoms. The second kappa shape index (κ2) is 3.30. The Hall–Kier alpha value is -1.91. The van der Waals surface area contributed by atoms with Crippen molar-refractivity contribution >= 4 is 16.9 Å². The Bertz CT molecular complexity index is 542. The maximum absolute atomic E-state index is 12.0. The fourth-order valence-electron chi connectivity index (χ4n) is 2.00. The van der Waals surface area contributed by atoms with E-state index in [0.29, 0.717) is 17.1 Å². The molecule has 1 N–H and O–H groups in total. The number of hydrogen-bond acceptors (Lipinski definition) is 3. The van der Waals surface area contributed by atoms with Gasteiger partial charge in [-0.2, -0.15) is 5.10 Å². The lowest BCUT2D eigenvalue weighted by atomic mass is 10.0. The first-order valence-corrected chi connectivity index (χ1v) is 5.32. The third-order valence-corrected chi connectivity index (χ3v) is 2.89. The molecule has 2 aromatic heterocycles. The SMILES string of the molecule is CC1CN(C(=O)c2cnc3[nH]ncc3c2)C1. The highest BCUT2D eigenvalue weighted by atomic mass is 16.2. The molecule has 1 saturated heterocycles. The third kappa shape index (κ3) is 1.36. The normalized spacial score (nSPS) is 16.4. The van der Waals surface area contributed by atoms with Gasteiger partial charge in [0.15, 0.2) is 5.65 Å². The molecule has 0 unspecified atom stereocenters. The zero-order valence-corrected chi connectivity index (χ0v) is 8.97. The van der Waals surface area contributed by atoms with Crippen LogP contribution in [-0.2, 0) is 0 Å². The van der Waals surface area contributed by atoms with Gasteiger partial charge in [0.05, 0.1) is 11.8 Å². The number of amides is 1. The molecular weight excluding hydrogens is 204 g/mol. The number of H-pyrrole nitrogens is 1. The Morgan fingerprint density at radius 3 is 3.06 bits per heavy atom. The van der Waals surface area contributed by atoms with E-state index >= 15 is 0 Å². The van der Waals surface area contributed by atoms with Crippen molar-refractivity contribution in [3.05, 3.63) is 24.0 Å². The molecule has 5 nitrogen and oxygen atoms in total. The van der Waals surface area contributed by atoms with E-state index in [4.69, 9.17) is 0 Å². The number of carbonyl (C=O) groups excluding carboxylic acids is 1. The first-order chi connectivity index (χ1) is 7.74. The van der Waals surface area contributed by atoms with E-state index in [1.807, 2.05) is 11.0 Å². The van der Waals surface area contributed by atoms with E-state index in [-0.39, 0.29) is 5.91 Å². The maximum atomic E-state index is 12.0. The lowest BCUT2D eigenvalue weighted by Crippen LogP contribution is -2.48. The summed E-state index contributed by atoms with van der Waals surface area (Å²) in [6.07, 6.45) is 3.28. The number of fused-ring (bicyclic) bond motifs is 1. The van der Waals surface area contributed by atoms with E-state index in [1.165, 1.54) is 0 Å². The highest BCUT2D eigenvalue weighted by Crippen LogP contribution is 2.19. The molecule has 5 heteroatoms. The minimum absolute atomic E-state index is 0.0636. The largest absolute Gasteiger partial charge is 0.338 e. The van der Waals surface area contributed by atoms with E-state index in [0.717, 1.165) is 18.5 Å². The monoisotopic (exact) mass is 216 g/mol. The van der Waals surface area contributed by atoms with Crippen LogP contribution in [0.2, 0.25) is 0 Å². The summed E-state index contributed by atoms with van der Waals surface area (Å²) in [5.74, 6) is 0.684. The number of aromatic amines is 1. The third-order valence-electron chi connectivity index (χ3n) is 2.89. The zero-order valence-electron chi connectivity index (χ0n) is 8.97. The minimum atomic E-state index is 0.0636. The number of hydrogen-bond donors (Lipinski definition) is 1. The van der Waals surface area contributed by atoms with Gasteiger partial charge in [0.1, 0.15) is 0 Å². The molecular formula is C11H12N4O. The molecule has 1 aliphatic rings. The number of likely N-dealkylation sites (tertiary alicyclic amines) is 1. The number of carbonyl (C=O) groups is 1. The van der Waals surface area contributed by atoms with Crippen LogP contribution >= 0.6 is 0 Å². The van der Waals surface area contributed by atoms with Crippen molar-refractivity contribution in [2.75, 3.05) is 13.1 Å². The van der Waals surface area contributed by atoms with Crippen LogP contribution in [-0.4, -0.2) is 39.1 Å². The molecule has 0 spiro atoms. The quantitative estimate of drug-likeness (QED) is 0.775. The number of nitrogens with zero attached hydrogens (tertiary/aromatic N) is 3. The van der Waals surface area contributed by atoms with Gasteiger partial charge in [-0.15, -0.1) is 0 Å². The van der Waals surface area contributed by atoms with Gasteiger partial charge < -0.3 is 4.90 Å². The summed E-state index contributed by atoms with van der Waals surface area (Å²) in [5.41, 5.74) is 1.36. The van der Waals surface area contributed by atoms with Gasteiger partial charge in [-0.25, -0.2) is 4.98 Å². The van der Waals surface area contributed by atoms with Crippen molar-refractivity contribution in [3.8, 4) is 0 Å². The number of nitrogens with one attached hydrogen (secondary N) is 1. The second-order valence-corrected chi connectivity index (χ2v) is 4.35. The number of aromatic nitrogens is 3. The summed E-state index contributed by atoms with van der Waals surface area (Å²) < 4.78 is 0. The van der Waals surface area contributed by atoms with Crippen molar-refractivity contribution in [2.45, 2.75) is 6.92 Å². The molecule has 3 rings (SSSR count). The maximum Gasteiger partial charge on any atom is 0.255 e. The minimum Gasteiger partial charge on any atom is -0.338 e. The van der Waals surface area contributed by atoms with E-state index in [1.54, 1.807) is 12.4 Å². The molecule has 16 heavy (non-hydrogen) atoms. The summed E-state index contributed by atoms with van der Waals surface area (Å²) >= 11 is 0. The van der Waals surface area contributed by atoms with Crippen LogP contribution in [0.3, 0.4) is 0 Å². The fraction of sp³-hybridized carbons (Fsp3) is 0.364. The van der Waals surface area contributed by atoms with E-state index in [2.05, 4.69) is 22.1 Å². The molecule has 82 valence electrons. The average Bonchev–Trinajstić information content (AvgIpc) is 2.70. The Balaban J connectivity index is 1.90. The van der Waals surface area contributed by atoms with Crippen LogP contribution in [0.5, 0.6) is 0 Å². The first kappa shape index (κ1) is 9.33. The molecule has 1 amide bonds. The first-order valence-electron chi connectivity index (χ1n) is 5.32. The summed E-state index contributed by atoms with van der Waals surface area (Å²) in [6.45, 7) is 3.84. The molecule has 0 radical (unpaired) electrons. The Morgan fingerprint density at radius 1 is 1.50 bits per heavy atom. The molecule has 0 saturated carbocycles. The van der Waals surface area contributed by atoms with Crippen LogP contribution in [0.15, 0.2) is 18.5 Å². The van der Waals surface area contributed by atoms with Crippen molar-refractivity contribution < 1.29 is 4.79 Å². The van der Waals surface area contributed by atoms with E-state index in [9.17, 15) is 4.79 Å². The molecule has 0 aliphatic carbocycles. The van der Waals surface area contributed by atoms with Gasteiger partial charge in [-0.1, -0.05) is 6.92 Å². The highest BCUT2D eigenvalue weighted by Gasteiger charge is 2.28. The van der Waals surface area contributed by atoms with Crippen molar-refractivity contribution in [1.29, 1.82) is 0 Å². The predicted octanol–water partition coefficient (Wildman–Crippen LogP) is 1.05. The topological polar surface area (TPSA) is 61.9 Å². The Morgan fingerprint density at radius 2 is 2.31 bits per heavy atom. The van der Waals surface area contributed by atoms with Gasteiger partial charge in [-0.05, 0) is 12.0 Å². The molecule has 2 aromatic rings. The molecule has 0 aromatic carbocycles. The molecule has 1 fully saturated rings. The standard InChI is InChI=1S/C11H12N4O/c1-7-5-15(6-7)11(16)9-2-8-4-13-14-10(8)12-3-9/h2-4,7H,5-6H2,1H3,(H,12,13,14). The predicted molar refractivity (Wildman–Crippen MR) is 59.0 cm³/mol. The fourth-order valence-corrected chi connectivity index (χ4v) is 2.00. The van der Waals surface area contributed by atoms with Crippen LogP contribution in [0, 0.1) is 5.92 Å². The van der Waals surface area contributed by atoms with E-state index < -0.39 is 0 Å². The molecule has 3 heterocycles. The lowest BCUT2D eigenvalue weighted by molar-refractivity contribution is 0.0530. The molecule has 1 aliphatic heterocycles. The summed E-state index contributed by atoms with van der Waals surface area (Å²) in [4.78, 5) is 18.0. The summed E-state index contributed by atoms with van der Waals surface area (Å²) in [5, 5.41) is 7.52. The number of rotatable bonds is 1. The summed E-state index contributed by atoms with van der Waals surface area (Å²) in [7, 11) is 0. The molecule has 0 atom stereocenters. The van der Waals surface area contributed by atoms with Gasteiger partial charge in [0, 0.05) is 24.7 Å². The van der Waals surface area contributed by atoms with Gasteiger partial charge >= 0.3 is 0 Å². The lowest BCUT2D eigenvalue weighted by Gasteiger charge is -2.37. The zero-order chi connectivity index (χ0) is 11.1. The van der Waals surface area contributed by atoms with Crippen LogP contribution in [0.4, 0.5) is 0 Å². The second-order valence-electron chi connectivity index (χ2n) is 4.35. The van der Waals surface area contributed by atoms with Crippen LogP contribution < -0.4 is 0 Å².